The van der Waals surface area contributed by atoms with Crippen LogP contribution in [0.4, 0.5) is 5.69 Å². The van der Waals surface area contributed by atoms with E-state index in [1.54, 1.807) is 0 Å². The van der Waals surface area contributed by atoms with Gasteiger partial charge in [0.2, 0.25) is 0 Å². The molecule has 0 atom stereocenters. The Morgan fingerprint density at radius 3 is 2.79 bits per heavy atom. The van der Waals surface area contributed by atoms with Crippen molar-refractivity contribution in [2.75, 3.05) is 36.0 Å². The van der Waals surface area contributed by atoms with Crippen LogP contribution in [0.25, 0.3) is 0 Å². The van der Waals surface area contributed by atoms with Gasteiger partial charge in [-0.15, -0.1) is 6.58 Å². The summed E-state index contributed by atoms with van der Waals surface area (Å²) in [6.07, 6.45) is 8.17. The summed E-state index contributed by atoms with van der Waals surface area (Å²) < 4.78 is 0. The summed E-state index contributed by atoms with van der Waals surface area (Å²) in [5.41, 5.74) is 1.30. The third-order valence-corrected chi connectivity index (χ3v) is 4.40. The number of aromatic nitrogens is 1. The molecule has 0 aromatic carbocycles. The molecule has 0 amide bonds. The molecule has 1 aliphatic rings. The van der Waals surface area contributed by atoms with E-state index in [1.807, 2.05) is 30.2 Å². The molecule has 0 aliphatic carbocycles. The molecule has 1 aliphatic heterocycles. The van der Waals surface area contributed by atoms with Gasteiger partial charge in [-0.2, -0.15) is 11.8 Å². The van der Waals surface area contributed by atoms with Gasteiger partial charge in [0.15, 0.2) is 0 Å². The maximum Gasteiger partial charge on any atom is 0.0397 e. The average Bonchev–Trinajstić information content (AvgIpc) is 2.49. The van der Waals surface area contributed by atoms with Crippen LogP contribution in [-0.4, -0.2) is 42.2 Å². The molecule has 0 radical (unpaired) electrons. The van der Waals surface area contributed by atoms with E-state index in [0.717, 1.165) is 25.4 Å². The minimum Gasteiger partial charge on any atom is -0.371 e. The molecule has 1 aromatic heterocycles. The van der Waals surface area contributed by atoms with Gasteiger partial charge in [0.05, 0.1) is 0 Å². The summed E-state index contributed by atoms with van der Waals surface area (Å²) in [5, 5.41) is 3.66. The van der Waals surface area contributed by atoms with Gasteiger partial charge >= 0.3 is 0 Å². The van der Waals surface area contributed by atoms with Crippen LogP contribution in [0.15, 0.2) is 37.2 Å². The topological polar surface area (TPSA) is 28.2 Å². The number of anilines is 1. The van der Waals surface area contributed by atoms with Crippen molar-refractivity contribution in [3.8, 4) is 0 Å². The summed E-state index contributed by atoms with van der Waals surface area (Å²) >= 11 is 1.94. The first kappa shape index (κ1) is 14.4. The maximum atomic E-state index is 4.07. The molecule has 2 heterocycles. The van der Waals surface area contributed by atoms with Crippen LogP contribution in [0.1, 0.15) is 12.8 Å². The number of pyridine rings is 1. The zero-order valence-corrected chi connectivity index (χ0v) is 12.2. The Hall–Kier alpha value is -1.00. The lowest BCUT2D eigenvalue weighted by Gasteiger charge is -2.34. The van der Waals surface area contributed by atoms with Crippen molar-refractivity contribution in [3.05, 3.63) is 37.2 Å². The van der Waals surface area contributed by atoms with Gasteiger partial charge in [0, 0.05) is 55.3 Å². The highest BCUT2D eigenvalue weighted by Crippen LogP contribution is 2.18. The van der Waals surface area contributed by atoms with E-state index < -0.39 is 0 Å². The van der Waals surface area contributed by atoms with Gasteiger partial charge in [0.25, 0.3) is 0 Å². The summed E-state index contributed by atoms with van der Waals surface area (Å²) in [4.78, 5) is 6.52. The second kappa shape index (κ2) is 8.23. The third-order valence-electron chi connectivity index (χ3n) is 3.44. The van der Waals surface area contributed by atoms with Crippen molar-refractivity contribution >= 4 is 17.4 Å². The van der Waals surface area contributed by atoms with Crippen LogP contribution in [-0.2, 0) is 0 Å². The van der Waals surface area contributed by atoms with Gasteiger partial charge in [0.1, 0.15) is 0 Å². The number of rotatable bonds is 7. The smallest absolute Gasteiger partial charge is 0.0397 e. The van der Waals surface area contributed by atoms with E-state index in [-0.39, 0.29) is 0 Å². The predicted octanol–water partition coefficient (Wildman–Crippen LogP) is 2.56. The fourth-order valence-corrected chi connectivity index (χ4v) is 2.99. The first-order chi connectivity index (χ1) is 9.40. The molecular formula is C15H23N3S. The first-order valence-electron chi connectivity index (χ1n) is 6.97. The molecule has 0 saturated carbocycles. The monoisotopic (exact) mass is 277 g/mol. The molecule has 1 N–H and O–H groups in total. The van der Waals surface area contributed by atoms with Crippen molar-refractivity contribution in [1.29, 1.82) is 0 Å². The van der Waals surface area contributed by atoms with E-state index in [0.29, 0.717) is 6.04 Å². The molecule has 0 spiro atoms. The lowest BCUT2D eigenvalue weighted by molar-refractivity contribution is 0.425. The second-order valence-electron chi connectivity index (χ2n) is 4.78. The molecule has 1 aromatic rings. The second-order valence-corrected chi connectivity index (χ2v) is 5.93. The Labute approximate surface area is 120 Å². The van der Waals surface area contributed by atoms with E-state index >= 15 is 0 Å². The molecule has 2 rings (SSSR count). The standard InChI is InChI=1S/C15H23N3S/c1-2-12-19-13-9-17-14-5-10-18(11-6-14)15-3-7-16-8-4-15/h2-4,7-8,14,17H,1,5-6,9-13H2. The van der Waals surface area contributed by atoms with Crippen molar-refractivity contribution in [2.45, 2.75) is 18.9 Å². The van der Waals surface area contributed by atoms with Gasteiger partial charge < -0.3 is 10.2 Å². The Kier molecular flexibility index (Phi) is 6.24. The van der Waals surface area contributed by atoms with Gasteiger partial charge in [-0.1, -0.05) is 6.08 Å². The summed E-state index contributed by atoms with van der Waals surface area (Å²) in [6, 6.07) is 4.88. The first-order valence-corrected chi connectivity index (χ1v) is 8.12. The minimum atomic E-state index is 0.683. The van der Waals surface area contributed by atoms with E-state index in [1.165, 1.54) is 24.3 Å². The highest BCUT2D eigenvalue weighted by atomic mass is 32.2. The van der Waals surface area contributed by atoms with Crippen molar-refractivity contribution < 1.29 is 0 Å². The van der Waals surface area contributed by atoms with E-state index in [2.05, 4.69) is 33.9 Å². The van der Waals surface area contributed by atoms with Crippen molar-refractivity contribution in [3.63, 3.8) is 0 Å². The Morgan fingerprint density at radius 2 is 2.11 bits per heavy atom. The molecule has 1 fully saturated rings. The minimum absolute atomic E-state index is 0.683. The van der Waals surface area contributed by atoms with Crippen molar-refractivity contribution in [1.82, 2.24) is 10.3 Å². The lowest BCUT2D eigenvalue weighted by Crippen LogP contribution is -2.43. The van der Waals surface area contributed by atoms with Gasteiger partial charge in [-0.05, 0) is 25.0 Å². The maximum absolute atomic E-state index is 4.07. The Bertz CT molecular complexity index is 361. The molecule has 0 unspecified atom stereocenters. The SMILES string of the molecule is C=CCSCCNC1CCN(c2ccncc2)CC1. The normalized spacial score (nSPS) is 16.5. The molecule has 0 bridgehead atoms. The van der Waals surface area contributed by atoms with E-state index in [9.17, 15) is 0 Å². The molecule has 4 heteroatoms. The fraction of sp³-hybridized carbons (Fsp3) is 0.533. The average molecular weight is 277 g/mol. The van der Waals surface area contributed by atoms with Crippen LogP contribution < -0.4 is 10.2 Å². The molecule has 3 nitrogen and oxygen atoms in total. The molecular weight excluding hydrogens is 254 g/mol. The quantitative estimate of drug-likeness (QED) is 0.612. The van der Waals surface area contributed by atoms with Gasteiger partial charge in [-0.3, -0.25) is 4.98 Å². The fourth-order valence-electron chi connectivity index (χ4n) is 2.40. The van der Waals surface area contributed by atoms with Crippen LogP contribution in [0.5, 0.6) is 0 Å². The van der Waals surface area contributed by atoms with Crippen LogP contribution in [0, 0.1) is 0 Å². The van der Waals surface area contributed by atoms with Crippen LogP contribution >= 0.6 is 11.8 Å². The number of nitrogens with zero attached hydrogens (tertiary/aromatic N) is 2. The predicted molar refractivity (Wildman–Crippen MR) is 85.0 cm³/mol. The number of piperidine rings is 1. The zero-order chi connectivity index (χ0) is 13.3. The van der Waals surface area contributed by atoms with Gasteiger partial charge in [-0.25, -0.2) is 0 Å². The number of hydrogen-bond donors (Lipinski definition) is 1. The lowest BCUT2D eigenvalue weighted by atomic mass is 10.0. The molecule has 19 heavy (non-hydrogen) atoms. The van der Waals surface area contributed by atoms with E-state index in [4.69, 9.17) is 0 Å². The highest BCUT2D eigenvalue weighted by Gasteiger charge is 2.18. The summed E-state index contributed by atoms with van der Waals surface area (Å²) in [5.74, 6) is 2.23. The number of nitrogens with one attached hydrogen (secondary N) is 1. The summed E-state index contributed by atoms with van der Waals surface area (Å²) in [7, 11) is 0. The molecule has 104 valence electrons. The Balaban J connectivity index is 1.64. The van der Waals surface area contributed by atoms with Crippen LogP contribution in [0.3, 0.4) is 0 Å². The largest absolute Gasteiger partial charge is 0.371 e. The Morgan fingerprint density at radius 1 is 1.37 bits per heavy atom. The zero-order valence-electron chi connectivity index (χ0n) is 11.4. The third kappa shape index (κ3) is 4.88. The molecule has 1 saturated heterocycles. The number of hydrogen-bond acceptors (Lipinski definition) is 4. The van der Waals surface area contributed by atoms with Crippen LogP contribution in [0.2, 0.25) is 0 Å². The van der Waals surface area contributed by atoms with Crippen molar-refractivity contribution in [2.24, 2.45) is 0 Å². The number of thioether (sulfide) groups is 1. The summed E-state index contributed by atoms with van der Waals surface area (Å²) in [6.45, 7) is 7.12. The highest BCUT2D eigenvalue weighted by molar-refractivity contribution is 7.99.